The standard InChI is InChI=1S/C12H16BrClN2/c13-11-5-4-10(7-12(11)14)16-9-3-1-2-8(15)6-9/h4-5,7-9,16H,1-3,6,15H2. The highest BCUT2D eigenvalue weighted by Crippen LogP contribution is 2.27. The molecule has 2 rings (SSSR count). The first-order valence-electron chi connectivity index (χ1n) is 5.62. The molecule has 1 saturated carbocycles. The Labute approximate surface area is 110 Å². The van der Waals surface area contributed by atoms with Crippen LogP contribution in [0, 0.1) is 0 Å². The van der Waals surface area contributed by atoms with Gasteiger partial charge in [0.05, 0.1) is 5.02 Å². The quantitative estimate of drug-likeness (QED) is 0.872. The van der Waals surface area contributed by atoms with Crippen molar-refractivity contribution in [1.29, 1.82) is 0 Å². The number of nitrogens with one attached hydrogen (secondary N) is 1. The number of hydrogen-bond donors (Lipinski definition) is 2. The van der Waals surface area contributed by atoms with Crippen molar-refractivity contribution in [2.24, 2.45) is 5.73 Å². The average molecular weight is 304 g/mol. The molecule has 4 heteroatoms. The molecular weight excluding hydrogens is 288 g/mol. The minimum atomic E-state index is 0.345. The van der Waals surface area contributed by atoms with E-state index in [1.165, 1.54) is 12.8 Å². The monoisotopic (exact) mass is 302 g/mol. The lowest BCUT2D eigenvalue weighted by Crippen LogP contribution is -2.34. The zero-order chi connectivity index (χ0) is 11.5. The van der Waals surface area contributed by atoms with Crippen molar-refractivity contribution >= 4 is 33.2 Å². The van der Waals surface area contributed by atoms with Crippen molar-refractivity contribution in [2.45, 2.75) is 37.8 Å². The van der Waals surface area contributed by atoms with E-state index < -0.39 is 0 Å². The van der Waals surface area contributed by atoms with Crippen LogP contribution in [0.15, 0.2) is 22.7 Å². The van der Waals surface area contributed by atoms with E-state index in [9.17, 15) is 0 Å². The van der Waals surface area contributed by atoms with E-state index in [0.717, 1.165) is 28.0 Å². The Morgan fingerprint density at radius 1 is 1.38 bits per heavy atom. The third-order valence-corrected chi connectivity index (χ3v) is 4.24. The fraction of sp³-hybridized carbons (Fsp3) is 0.500. The van der Waals surface area contributed by atoms with E-state index in [-0.39, 0.29) is 0 Å². The minimum absolute atomic E-state index is 0.345. The van der Waals surface area contributed by atoms with Gasteiger partial charge in [0.15, 0.2) is 0 Å². The topological polar surface area (TPSA) is 38.0 Å². The lowest BCUT2D eigenvalue weighted by Gasteiger charge is -2.28. The second kappa shape index (κ2) is 5.39. The first-order valence-corrected chi connectivity index (χ1v) is 6.79. The van der Waals surface area contributed by atoms with E-state index in [0.29, 0.717) is 12.1 Å². The molecule has 16 heavy (non-hydrogen) atoms. The van der Waals surface area contributed by atoms with E-state index in [1.54, 1.807) is 0 Å². The Bertz CT molecular complexity index is 370. The molecule has 1 aromatic rings. The highest BCUT2D eigenvalue weighted by molar-refractivity contribution is 9.10. The van der Waals surface area contributed by atoms with Crippen molar-refractivity contribution < 1.29 is 0 Å². The van der Waals surface area contributed by atoms with Gasteiger partial charge in [-0.25, -0.2) is 0 Å². The molecule has 1 fully saturated rings. The number of hydrogen-bond acceptors (Lipinski definition) is 2. The predicted molar refractivity (Wildman–Crippen MR) is 73.0 cm³/mol. The van der Waals surface area contributed by atoms with E-state index in [2.05, 4.69) is 21.2 Å². The van der Waals surface area contributed by atoms with Crippen molar-refractivity contribution in [3.05, 3.63) is 27.7 Å². The number of nitrogens with two attached hydrogens (primary N) is 1. The van der Waals surface area contributed by atoms with Gasteiger partial charge in [-0.15, -0.1) is 0 Å². The summed E-state index contributed by atoms with van der Waals surface area (Å²) in [7, 11) is 0. The van der Waals surface area contributed by atoms with Gasteiger partial charge in [0.2, 0.25) is 0 Å². The van der Waals surface area contributed by atoms with Crippen LogP contribution in [0.4, 0.5) is 5.69 Å². The Morgan fingerprint density at radius 3 is 2.88 bits per heavy atom. The largest absolute Gasteiger partial charge is 0.382 e. The van der Waals surface area contributed by atoms with Crippen LogP contribution < -0.4 is 11.1 Å². The van der Waals surface area contributed by atoms with E-state index in [4.69, 9.17) is 17.3 Å². The molecule has 0 bridgehead atoms. The molecule has 1 aliphatic rings. The minimum Gasteiger partial charge on any atom is -0.382 e. The highest BCUT2D eigenvalue weighted by atomic mass is 79.9. The van der Waals surface area contributed by atoms with E-state index in [1.807, 2.05) is 18.2 Å². The zero-order valence-electron chi connectivity index (χ0n) is 9.05. The average Bonchev–Trinajstić information content (AvgIpc) is 2.24. The van der Waals surface area contributed by atoms with Gasteiger partial charge in [-0.1, -0.05) is 11.6 Å². The summed E-state index contributed by atoms with van der Waals surface area (Å²) in [5, 5.41) is 4.23. The summed E-state index contributed by atoms with van der Waals surface area (Å²) in [6.07, 6.45) is 4.61. The molecule has 0 radical (unpaired) electrons. The lowest BCUT2D eigenvalue weighted by molar-refractivity contribution is 0.409. The Kier molecular flexibility index (Phi) is 4.11. The van der Waals surface area contributed by atoms with Crippen LogP contribution in [0.2, 0.25) is 5.02 Å². The summed E-state index contributed by atoms with van der Waals surface area (Å²) in [6, 6.07) is 6.79. The van der Waals surface area contributed by atoms with Crippen LogP contribution in [0.1, 0.15) is 25.7 Å². The number of halogens is 2. The van der Waals surface area contributed by atoms with Crippen LogP contribution in [-0.4, -0.2) is 12.1 Å². The molecule has 0 aliphatic heterocycles. The molecular formula is C12H16BrClN2. The van der Waals surface area contributed by atoms with Gasteiger partial charge in [-0.05, 0) is 59.8 Å². The van der Waals surface area contributed by atoms with Gasteiger partial charge >= 0.3 is 0 Å². The summed E-state index contributed by atoms with van der Waals surface area (Å²) in [6.45, 7) is 0. The highest BCUT2D eigenvalue weighted by Gasteiger charge is 2.18. The molecule has 0 spiro atoms. The maximum atomic E-state index is 6.05. The van der Waals surface area contributed by atoms with Crippen LogP contribution in [0.25, 0.3) is 0 Å². The first-order chi connectivity index (χ1) is 7.65. The molecule has 2 unspecified atom stereocenters. The Hall–Kier alpha value is -0.250. The smallest absolute Gasteiger partial charge is 0.0568 e. The molecule has 0 saturated heterocycles. The fourth-order valence-electron chi connectivity index (χ4n) is 2.18. The molecule has 0 heterocycles. The van der Waals surface area contributed by atoms with Crippen molar-refractivity contribution in [1.82, 2.24) is 0 Å². The molecule has 3 N–H and O–H groups in total. The summed E-state index contributed by atoms with van der Waals surface area (Å²) in [4.78, 5) is 0. The first kappa shape index (κ1) is 12.2. The van der Waals surface area contributed by atoms with Gasteiger partial charge in [0.1, 0.15) is 0 Å². The number of anilines is 1. The van der Waals surface area contributed by atoms with Gasteiger partial charge in [-0.2, -0.15) is 0 Å². The molecule has 1 aromatic carbocycles. The van der Waals surface area contributed by atoms with Gasteiger partial charge in [-0.3, -0.25) is 0 Å². The van der Waals surface area contributed by atoms with Crippen LogP contribution in [-0.2, 0) is 0 Å². The van der Waals surface area contributed by atoms with Crippen LogP contribution >= 0.6 is 27.5 Å². The van der Waals surface area contributed by atoms with Crippen LogP contribution in [0.5, 0.6) is 0 Å². The second-order valence-corrected chi connectivity index (χ2v) is 5.66. The van der Waals surface area contributed by atoms with E-state index >= 15 is 0 Å². The summed E-state index contributed by atoms with van der Waals surface area (Å²) >= 11 is 9.43. The summed E-state index contributed by atoms with van der Waals surface area (Å²) in [5.74, 6) is 0. The van der Waals surface area contributed by atoms with Gasteiger partial charge in [0.25, 0.3) is 0 Å². The SMILES string of the molecule is NC1CCCC(Nc2ccc(Br)c(Cl)c2)C1. The van der Waals surface area contributed by atoms with Crippen molar-refractivity contribution in [3.63, 3.8) is 0 Å². The Morgan fingerprint density at radius 2 is 2.19 bits per heavy atom. The van der Waals surface area contributed by atoms with Crippen LogP contribution in [0.3, 0.4) is 0 Å². The fourth-order valence-corrected chi connectivity index (χ4v) is 2.61. The van der Waals surface area contributed by atoms with Crippen molar-refractivity contribution in [2.75, 3.05) is 5.32 Å². The maximum Gasteiger partial charge on any atom is 0.0568 e. The second-order valence-electron chi connectivity index (χ2n) is 4.40. The molecule has 0 aromatic heterocycles. The predicted octanol–water partition coefficient (Wildman–Crippen LogP) is 3.78. The normalized spacial score (nSPS) is 25.4. The molecule has 2 atom stereocenters. The molecule has 88 valence electrons. The third kappa shape index (κ3) is 3.12. The van der Waals surface area contributed by atoms with Gasteiger partial charge < -0.3 is 11.1 Å². The molecule has 2 nitrogen and oxygen atoms in total. The third-order valence-electron chi connectivity index (χ3n) is 3.01. The summed E-state index contributed by atoms with van der Waals surface area (Å²) in [5.41, 5.74) is 7.04. The Balaban J connectivity index is 2.00. The number of rotatable bonds is 2. The van der Waals surface area contributed by atoms with Gasteiger partial charge in [0, 0.05) is 22.2 Å². The lowest BCUT2D eigenvalue weighted by atomic mass is 9.91. The number of benzene rings is 1. The van der Waals surface area contributed by atoms with Crippen molar-refractivity contribution in [3.8, 4) is 0 Å². The molecule has 0 amide bonds. The zero-order valence-corrected chi connectivity index (χ0v) is 11.4. The molecule has 1 aliphatic carbocycles. The maximum absolute atomic E-state index is 6.05. The summed E-state index contributed by atoms with van der Waals surface area (Å²) < 4.78 is 0.931.